The highest BCUT2D eigenvalue weighted by atomic mass is 16.4. The van der Waals surface area contributed by atoms with Gasteiger partial charge in [0.15, 0.2) is 0 Å². The minimum absolute atomic E-state index is 0.0174. The summed E-state index contributed by atoms with van der Waals surface area (Å²) >= 11 is 0. The molecule has 0 radical (unpaired) electrons. The van der Waals surface area contributed by atoms with Gasteiger partial charge in [0.25, 0.3) is 5.91 Å². The summed E-state index contributed by atoms with van der Waals surface area (Å²) in [5, 5.41) is 20.9. The summed E-state index contributed by atoms with van der Waals surface area (Å²) in [7, 11) is 0. The zero-order valence-corrected chi connectivity index (χ0v) is 15.9. The number of rotatable bonds is 6. The van der Waals surface area contributed by atoms with Crippen molar-refractivity contribution in [3.05, 3.63) is 77.5 Å². The van der Waals surface area contributed by atoms with Crippen LogP contribution in [0.15, 0.2) is 66.4 Å². The number of hydrogen-bond donors (Lipinski definition) is 2. The van der Waals surface area contributed by atoms with Crippen LogP contribution in [0, 0.1) is 11.3 Å². The molecule has 1 amide bonds. The average molecular weight is 390 g/mol. The topological polar surface area (TPSA) is 96.7 Å². The van der Waals surface area contributed by atoms with Gasteiger partial charge in [-0.25, -0.2) is 4.79 Å². The van der Waals surface area contributed by atoms with E-state index in [1.165, 1.54) is 29.8 Å². The van der Waals surface area contributed by atoms with Crippen molar-refractivity contribution in [2.75, 3.05) is 31.5 Å². The van der Waals surface area contributed by atoms with Crippen LogP contribution in [0.3, 0.4) is 0 Å². The molecule has 1 heterocycles. The molecule has 1 fully saturated rings. The number of carbonyl (C=O) groups is 2. The lowest BCUT2D eigenvalue weighted by Crippen LogP contribution is -2.43. The number of nitriles is 1. The first-order chi connectivity index (χ1) is 14.0. The average Bonchev–Trinajstić information content (AvgIpc) is 2.74. The predicted molar refractivity (Wildman–Crippen MR) is 109 cm³/mol. The van der Waals surface area contributed by atoms with Crippen LogP contribution in [0.5, 0.6) is 0 Å². The monoisotopic (exact) mass is 390 g/mol. The maximum Gasteiger partial charge on any atom is 0.335 e. The Morgan fingerprint density at radius 2 is 1.69 bits per heavy atom. The maximum absolute atomic E-state index is 12.4. The van der Waals surface area contributed by atoms with Gasteiger partial charge in [0, 0.05) is 44.6 Å². The highest BCUT2D eigenvalue weighted by Gasteiger charge is 2.17. The van der Waals surface area contributed by atoms with Gasteiger partial charge in [-0.3, -0.25) is 9.69 Å². The first-order valence-corrected chi connectivity index (χ1v) is 9.32. The second-order valence-corrected chi connectivity index (χ2v) is 6.79. The third-order valence-corrected chi connectivity index (χ3v) is 4.72. The molecule has 2 aromatic rings. The van der Waals surface area contributed by atoms with Crippen LogP contribution in [-0.2, 0) is 11.3 Å². The van der Waals surface area contributed by atoms with Crippen molar-refractivity contribution in [3.63, 3.8) is 0 Å². The summed E-state index contributed by atoms with van der Waals surface area (Å²) in [6, 6.07) is 18.0. The lowest BCUT2D eigenvalue weighted by Gasteiger charge is -2.34. The molecule has 2 N–H and O–H groups in total. The fraction of sp³-hybridized carbons (Fsp3) is 0.227. The number of carboxylic acid groups (broad SMARTS) is 1. The van der Waals surface area contributed by atoms with Crippen molar-refractivity contribution in [2.45, 2.75) is 6.54 Å². The van der Waals surface area contributed by atoms with E-state index < -0.39 is 11.9 Å². The van der Waals surface area contributed by atoms with Crippen molar-refractivity contribution in [3.8, 4) is 6.07 Å². The molecule has 0 unspecified atom stereocenters. The van der Waals surface area contributed by atoms with E-state index in [1.54, 1.807) is 6.20 Å². The van der Waals surface area contributed by atoms with Gasteiger partial charge in [-0.15, -0.1) is 0 Å². The fourth-order valence-electron chi connectivity index (χ4n) is 3.11. The Bertz CT molecular complexity index is 925. The van der Waals surface area contributed by atoms with Gasteiger partial charge in [0.05, 0.1) is 5.56 Å². The van der Waals surface area contributed by atoms with Crippen LogP contribution < -0.4 is 5.32 Å². The SMILES string of the molecule is N#C/C(=C/N1CCN(Cc2ccccc2)CC1)C(=O)Nc1ccc(C(=O)O)cc1. The van der Waals surface area contributed by atoms with E-state index in [0.717, 1.165) is 32.7 Å². The fourth-order valence-corrected chi connectivity index (χ4v) is 3.11. The van der Waals surface area contributed by atoms with Crippen LogP contribution in [-0.4, -0.2) is 53.0 Å². The van der Waals surface area contributed by atoms with E-state index in [4.69, 9.17) is 5.11 Å². The number of hydrogen-bond acceptors (Lipinski definition) is 5. The number of nitrogens with one attached hydrogen (secondary N) is 1. The molecule has 0 atom stereocenters. The molecular weight excluding hydrogens is 368 g/mol. The summed E-state index contributed by atoms with van der Waals surface area (Å²) in [5.41, 5.74) is 1.85. The van der Waals surface area contributed by atoms with Crippen LogP contribution in [0.4, 0.5) is 5.69 Å². The molecule has 1 aliphatic rings. The molecule has 0 aromatic heterocycles. The van der Waals surface area contributed by atoms with Gasteiger partial charge >= 0.3 is 5.97 Å². The molecule has 1 aliphatic heterocycles. The number of aromatic carboxylic acids is 1. The molecule has 0 saturated carbocycles. The number of piperazine rings is 1. The Balaban J connectivity index is 1.55. The molecule has 148 valence electrons. The lowest BCUT2D eigenvalue weighted by molar-refractivity contribution is -0.112. The van der Waals surface area contributed by atoms with E-state index in [1.807, 2.05) is 29.2 Å². The Morgan fingerprint density at radius 1 is 1.03 bits per heavy atom. The normalized spacial score (nSPS) is 14.9. The standard InChI is InChI=1S/C22H22N4O3/c23-14-19(21(27)24-20-8-6-18(7-9-20)22(28)29)16-26-12-10-25(11-13-26)15-17-4-2-1-3-5-17/h1-9,16H,10-13,15H2,(H,24,27)(H,28,29)/b19-16-. The number of nitrogens with zero attached hydrogens (tertiary/aromatic N) is 3. The molecule has 7 heteroatoms. The molecule has 2 aromatic carbocycles. The summed E-state index contributed by atoms with van der Waals surface area (Å²) in [6.45, 7) is 4.05. The highest BCUT2D eigenvalue weighted by Crippen LogP contribution is 2.13. The minimum atomic E-state index is -1.04. The molecule has 0 aliphatic carbocycles. The molecule has 3 rings (SSSR count). The number of carbonyl (C=O) groups excluding carboxylic acids is 1. The minimum Gasteiger partial charge on any atom is -0.478 e. The number of amides is 1. The smallest absolute Gasteiger partial charge is 0.335 e. The van der Waals surface area contributed by atoms with Gasteiger partial charge in [0.2, 0.25) is 0 Å². The van der Waals surface area contributed by atoms with Crippen LogP contribution in [0.25, 0.3) is 0 Å². The Labute approximate surface area is 169 Å². The first kappa shape index (κ1) is 20.1. The third-order valence-electron chi connectivity index (χ3n) is 4.72. The van der Waals surface area contributed by atoms with Gasteiger partial charge in [0.1, 0.15) is 11.6 Å². The van der Waals surface area contributed by atoms with Gasteiger partial charge < -0.3 is 15.3 Å². The molecule has 0 spiro atoms. The third kappa shape index (κ3) is 5.67. The summed E-state index contributed by atoms with van der Waals surface area (Å²) in [5.74, 6) is -1.55. The predicted octanol–water partition coefficient (Wildman–Crippen LogP) is 2.55. The Hall–Kier alpha value is -3.63. The van der Waals surface area contributed by atoms with E-state index in [9.17, 15) is 14.9 Å². The first-order valence-electron chi connectivity index (χ1n) is 9.32. The zero-order chi connectivity index (χ0) is 20.6. The number of benzene rings is 2. The summed E-state index contributed by atoms with van der Waals surface area (Å²) in [6.07, 6.45) is 1.60. The van der Waals surface area contributed by atoms with Crippen LogP contribution >= 0.6 is 0 Å². The Kier molecular flexibility index (Phi) is 6.61. The van der Waals surface area contributed by atoms with E-state index in [0.29, 0.717) is 5.69 Å². The van der Waals surface area contributed by atoms with E-state index in [2.05, 4.69) is 22.3 Å². The van der Waals surface area contributed by atoms with Gasteiger partial charge in [-0.1, -0.05) is 30.3 Å². The molecule has 7 nitrogen and oxygen atoms in total. The number of carboxylic acids is 1. The van der Waals surface area contributed by atoms with E-state index >= 15 is 0 Å². The molecular formula is C22H22N4O3. The highest BCUT2D eigenvalue weighted by molar-refractivity contribution is 6.06. The van der Waals surface area contributed by atoms with Crippen molar-refractivity contribution in [2.24, 2.45) is 0 Å². The zero-order valence-electron chi connectivity index (χ0n) is 15.9. The second kappa shape index (κ2) is 9.53. The molecule has 1 saturated heterocycles. The van der Waals surface area contributed by atoms with Gasteiger partial charge in [-0.2, -0.15) is 5.26 Å². The van der Waals surface area contributed by atoms with Crippen molar-refractivity contribution in [1.29, 1.82) is 5.26 Å². The largest absolute Gasteiger partial charge is 0.478 e. The van der Waals surface area contributed by atoms with Gasteiger partial charge in [-0.05, 0) is 29.8 Å². The van der Waals surface area contributed by atoms with Crippen molar-refractivity contribution in [1.82, 2.24) is 9.80 Å². The maximum atomic E-state index is 12.4. The quantitative estimate of drug-likeness (QED) is 0.581. The van der Waals surface area contributed by atoms with Crippen LogP contribution in [0.2, 0.25) is 0 Å². The second-order valence-electron chi connectivity index (χ2n) is 6.79. The van der Waals surface area contributed by atoms with Crippen molar-refractivity contribution >= 4 is 17.6 Å². The summed E-state index contributed by atoms with van der Waals surface area (Å²) in [4.78, 5) is 27.6. The molecule has 0 bridgehead atoms. The lowest BCUT2D eigenvalue weighted by atomic mass is 10.2. The van der Waals surface area contributed by atoms with Crippen LogP contribution in [0.1, 0.15) is 15.9 Å². The Morgan fingerprint density at radius 3 is 2.28 bits per heavy atom. The van der Waals surface area contributed by atoms with E-state index in [-0.39, 0.29) is 11.1 Å². The van der Waals surface area contributed by atoms with Crippen molar-refractivity contribution < 1.29 is 14.7 Å². The molecule has 29 heavy (non-hydrogen) atoms. The summed E-state index contributed by atoms with van der Waals surface area (Å²) < 4.78 is 0. The number of anilines is 1.